The van der Waals surface area contributed by atoms with Gasteiger partial charge in [0.15, 0.2) is 6.29 Å². The predicted octanol–water partition coefficient (Wildman–Crippen LogP) is 3.75. The molecule has 4 heteroatoms. The van der Waals surface area contributed by atoms with E-state index in [0.717, 1.165) is 54.6 Å². The molecule has 1 N–H and O–H groups in total. The standard InChI is InChI=1S/C19H20N2O2/c1-2-19-8-5-9-21-13(12-22)10-15(18(19)21)14-6-3-4-7-16(14)20-17(23)11-19/h3-4,6-7,10,12H,2,5,8-9,11H2,1H3,(H,20,23)/t19-/m1/s1. The number of para-hydroxylation sites is 1. The molecule has 0 aliphatic carbocycles. The van der Waals surface area contributed by atoms with Gasteiger partial charge in [0.25, 0.3) is 0 Å². The van der Waals surface area contributed by atoms with Crippen LogP contribution in [0.2, 0.25) is 0 Å². The molecule has 0 fully saturated rings. The van der Waals surface area contributed by atoms with E-state index in [1.165, 1.54) is 5.69 Å². The lowest BCUT2D eigenvalue weighted by Crippen LogP contribution is -2.38. The van der Waals surface area contributed by atoms with Gasteiger partial charge in [0, 0.05) is 40.9 Å². The van der Waals surface area contributed by atoms with Crippen LogP contribution in [0.3, 0.4) is 0 Å². The Kier molecular flexibility index (Phi) is 3.15. The number of rotatable bonds is 2. The maximum Gasteiger partial charge on any atom is 0.225 e. The van der Waals surface area contributed by atoms with E-state index in [9.17, 15) is 9.59 Å². The summed E-state index contributed by atoms with van der Waals surface area (Å²) in [6, 6.07) is 9.86. The lowest BCUT2D eigenvalue weighted by Gasteiger charge is -2.40. The Hall–Kier alpha value is -2.36. The molecule has 23 heavy (non-hydrogen) atoms. The number of hydrogen-bond acceptors (Lipinski definition) is 2. The molecule has 4 nitrogen and oxygen atoms in total. The fourth-order valence-corrected chi connectivity index (χ4v) is 4.35. The van der Waals surface area contributed by atoms with Crippen molar-refractivity contribution in [2.24, 2.45) is 0 Å². The Balaban J connectivity index is 2.08. The van der Waals surface area contributed by atoms with E-state index >= 15 is 0 Å². The summed E-state index contributed by atoms with van der Waals surface area (Å²) in [6.45, 7) is 3.00. The summed E-state index contributed by atoms with van der Waals surface area (Å²) in [5.41, 5.74) is 4.67. The van der Waals surface area contributed by atoms with Crippen LogP contribution < -0.4 is 5.32 Å². The molecule has 4 rings (SSSR count). The molecule has 0 saturated carbocycles. The minimum absolute atomic E-state index is 0.0623. The molecule has 2 aliphatic heterocycles. The van der Waals surface area contributed by atoms with Crippen molar-refractivity contribution < 1.29 is 9.59 Å². The van der Waals surface area contributed by atoms with Gasteiger partial charge in [-0.2, -0.15) is 0 Å². The number of hydrogen-bond donors (Lipinski definition) is 1. The molecule has 1 aromatic heterocycles. The molecule has 2 aromatic rings. The van der Waals surface area contributed by atoms with Crippen LogP contribution in [0.25, 0.3) is 11.1 Å². The van der Waals surface area contributed by atoms with Crippen LogP contribution in [-0.4, -0.2) is 16.8 Å². The highest BCUT2D eigenvalue weighted by Crippen LogP contribution is 2.48. The largest absolute Gasteiger partial charge is 0.341 e. The number of nitrogens with one attached hydrogen (secondary N) is 1. The first-order valence-corrected chi connectivity index (χ1v) is 8.27. The van der Waals surface area contributed by atoms with Crippen molar-refractivity contribution in [3.8, 4) is 11.1 Å². The van der Waals surface area contributed by atoms with Gasteiger partial charge in [0.05, 0.1) is 5.69 Å². The van der Waals surface area contributed by atoms with E-state index in [4.69, 9.17) is 0 Å². The Bertz CT molecular complexity index is 806. The Morgan fingerprint density at radius 2 is 2.13 bits per heavy atom. The van der Waals surface area contributed by atoms with Gasteiger partial charge >= 0.3 is 0 Å². The van der Waals surface area contributed by atoms with Crippen molar-refractivity contribution in [3.63, 3.8) is 0 Å². The number of aldehydes is 1. The summed E-state index contributed by atoms with van der Waals surface area (Å²) < 4.78 is 2.14. The number of benzene rings is 1. The molecule has 1 atom stereocenters. The normalized spacial score (nSPS) is 22.4. The number of aromatic nitrogens is 1. The maximum absolute atomic E-state index is 12.6. The SMILES string of the molecule is CC[C@]12CCCn3c(C=O)cc(c31)-c1ccccc1NC(=O)C2. The molecule has 0 radical (unpaired) electrons. The summed E-state index contributed by atoms with van der Waals surface area (Å²) in [5, 5.41) is 3.06. The number of amides is 1. The van der Waals surface area contributed by atoms with E-state index in [0.29, 0.717) is 6.42 Å². The fraction of sp³-hybridized carbons (Fsp3) is 0.368. The smallest absolute Gasteiger partial charge is 0.225 e. The first kappa shape index (κ1) is 14.2. The average molecular weight is 308 g/mol. The van der Waals surface area contributed by atoms with Crippen molar-refractivity contribution >= 4 is 17.9 Å². The van der Waals surface area contributed by atoms with Crippen molar-refractivity contribution in [1.29, 1.82) is 0 Å². The Morgan fingerprint density at radius 1 is 1.30 bits per heavy atom. The van der Waals surface area contributed by atoms with Gasteiger partial charge in [-0.05, 0) is 31.4 Å². The van der Waals surface area contributed by atoms with Crippen LogP contribution in [0.15, 0.2) is 30.3 Å². The predicted molar refractivity (Wildman–Crippen MR) is 89.7 cm³/mol. The first-order valence-electron chi connectivity index (χ1n) is 8.27. The fourth-order valence-electron chi connectivity index (χ4n) is 4.35. The summed E-state index contributed by atoms with van der Waals surface area (Å²) in [5.74, 6) is 0.0623. The highest BCUT2D eigenvalue weighted by Gasteiger charge is 2.42. The minimum atomic E-state index is -0.174. The molecular formula is C19H20N2O2. The van der Waals surface area contributed by atoms with Crippen LogP contribution >= 0.6 is 0 Å². The number of carbonyl (C=O) groups is 2. The third-order valence-corrected chi connectivity index (χ3v) is 5.46. The van der Waals surface area contributed by atoms with Gasteiger partial charge in [-0.25, -0.2) is 0 Å². The number of fused-ring (bicyclic) bond motifs is 2. The van der Waals surface area contributed by atoms with E-state index in [1.54, 1.807) is 0 Å². The van der Waals surface area contributed by atoms with Gasteiger partial charge in [0.1, 0.15) is 0 Å². The van der Waals surface area contributed by atoms with Crippen molar-refractivity contribution in [3.05, 3.63) is 41.7 Å². The van der Waals surface area contributed by atoms with Crippen molar-refractivity contribution in [1.82, 2.24) is 4.57 Å². The van der Waals surface area contributed by atoms with Crippen LogP contribution in [-0.2, 0) is 16.8 Å². The molecule has 1 aromatic carbocycles. The lowest BCUT2D eigenvalue weighted by atomic mass is 9.70. The zero-order valence-electron chi connectivity index (χ0n) is 13.3. The maximum atomic E-state index is 12.6. The molecular weight excluding hydrogens is 288 g/mol. The van der Waals surface area contributed by atoms with Crippen molar-refractivity contribution in [2.45, 2.75) is 44.6 Å². The second kappa shape index (κ2) is 5.08. The highest BCUT2D eigenvalue weighted by molar-refractivity contribution is 5.99. The van der Waals surface area contributed by atoms with Gasteiger partial charge in [-0.1, -0.05) is 25.1 Å². The zero-order valence-corrected chi connectivity index (χ0v) is 13.3. The van der Waals surface area contributed by atoms with Crippen LogP contribution in [0.5, 0.6) is 0 Å². The Morgan fingerprint density at radius 3 is 2.91 bits per heavy atom. The lowest BCUT2D eigenvalue weighted by molar-refractivity contribution is -0.117. The Labute approximate surface area is 135 Å². The van der Waals surface area contributed by atoms with Crippen molar-refractivity contribution in [2.75, 3.05) is 5.32 Å². The van der Waals surface area contributed by atoms with E-state index in [1.807, 2.05) is 30.3 Å². The average Bonchev–Trinajstić information content (AvgIpc) is 2.94. The quantitative estimate of drug-likeness (QED) is 0.859. The second-order valence-corrected chi connectivity index (χ2v) is 6.61. The van der Waals surface area contributed by atoms with E-state index < -0.39 is 0 Å². The highest BCUT2D eigenvalue weighted by atomic mass is 16.1. The molecule has 0 bridgehead atoms. The molecule has 2 aliphatic rings. The molecule has 0 saturated heterocycles. The summed E-state index contributed by atoms with van der Waals surface area (Å²) in [4.78, 5) is 24.1. The first-order chi connectivity index (χ1) is 11.2. The number of nitrogens with zero attached hydrogens (tertiary/aromatic N) is 1. The van der Waals surface area contributed by atoms with Crippen LogP contribution in [0.4, 0.5) is 5.69 Å². The number of anilines is 1. The summed E-state index contributed by atoms with van der Waals surface area (Å²) in [6.07, 6.45) is 4.32. The molecule has 118 valence electrons. The second-order valence-electron chi connectivity index (χ2n) is 6.61. The number of carbonyl (C=O) groups excluding carboxylic acids is 2. The minimum Gasteiger partial charge on any atom is -0.341 e. The molecule has 3 heterocycles. The monoisotopic (exact) mass is 308 g/mol. The molecule has 0 unspecified atom stereocenters. The van der Waals surface area contributed by atoms with E-state index in [-0.39, 0.29) is 11.3 Å². The van der Waals surface area contributed by atoms with Gasteiger partial charge in [-0.15, -0.1) is 0 Å². The van der Waals surface area contributed by atoms with Gasteiger partial charge in [-0.3, -0.25) is 9.59 Å². The zero-order chi connectivity index (χ0) is 16.0. The van der Waals surface area contributed by atoms with E-state index in [2.05, 4.69) is 16.8 Å². The van der Waals surface area contributed by atoms with Crippen LogP contribution in [0, 0.1) is 0 Å². The third kappa shape index (κ3) is 1.97. The van der Waals surface area contributed by atoms with Gasteiger partial charge < -0.3 is 9.88 Å². The summed E-state index contributed by atoms with van der Waals surface area (Å²) >= 11 is 0. The van der Waals surface area contributed by atoms with Crippen LogP contribution in [0.1, 0.15) is 48.8 Å². The topological polar surface area (TPSA) is 51.1 Å². The molecule has 1 amide bonds. The third-order valence-electron chi connectivity index (χ3n) is 5.46. The van der Waals surface area contributed by atoms with Gasteiger partial charge in [0.2, 0.25) is 5.91 Å². The molecule has 0 spiro atoms. The summed E-state index contributed by atoms with van der Waals surface area (Å²) in [7, 11) is 0.